The van der Waals surface area contributed by atoms with Crippen molar-refractivity contribution in [2.24, 2.45) is 0 Å². The number of hydrogen-bond acceptors (Lipinski definition) is 6. The van der Waals surface area contributed by atoms with Gasteiger partial charge in [0.2, 0.25) is 0 Å². The van der Waals surface area contributed by atoms with Crippen molar-refractivity contribution in [1.29, 1.82) is 0 Å². The summed E-state index contributed by atoms with van der Waals surface area (Å²) in [6, 6.07) is 13.1. The van der Waals surface area contributed by atoms with Crippen molar-refractivity contribution < 1.29 is 4.79 Å². The van der Waals surface area contributed by atoms with E-state index in [1.54, 1.807) is 6.20 Å². The van der Waals surface area contributed by atoms with Crippen LogP contribution in [0.15, 0.2) is 69.9 Å². The predicted octanol–water partition coefficient (Wildman–Crippen LogP) is 4.68. The number of anilines is 1. The minimum Gasteiger partial charge on any atom is -0.343 e. The molecular weight excluding hydrogens is 432 g/mol. The van der Waals surface area contributed by atoms with Crippen LogP contribution in [0.25, 0.3) is 0 Å². The molecule has 1 aliphatic carbocycles. The van der Waals surface area contributed by atoms with Crippen molar-refractivity contribution in [3.05, 3.63) is 92.1 Å². The third kappa shape index (κ3) is 3.79. The average Bonchev–Trinajstić information content (AvgIpc) is 2.78. The molecule has 1 aromatic carbocycles. The summed E-state index contributed by atoms with van der Waals surface area (Å²) in [4.78, 5) is 38.0. The Morgan fingerprint density at radius 1 is 1.10 bits per heavy atom. The first-order valence-electron chi connectivity index (χ1n) is 10.1. The number of hydrogen-bond donors (Lipinski definition) is 2. The lowest BCUT2D eigenvalue weighted by atomic mass is 9.78. The number of H-pyrrole nitrogens is 1. The summed E-state index contributed by atoms with van der Waals surface area (Å²) < 4.78 is 0. The summed E-state index contributed by atoms with van der Waals surface area (Å²) in [7, 11) is 0. The van der Waals surface area contributed by atoms with E-state index in [9.17, 15) is 9.59 Å². The molecule has 3 heterocycles. The SMILES string of the molecule is O=C1CCCC2=C1C(c1ccccn1)c1c(nc(SCc3ccccc3Cl)[nH]c1=O)N2. The largest absolute Gasteiger partial charge is 0.343 e. The number of aromatic nitrogens is 3. The van der Waals surface area contributed by atoms with Crippen LogP contribution < -0.4 is 10.9 Å². The van der Waals surface area contributed by atoms with E-state index in [-0.39, 0.29) is 11.3 Å². The molecule has 0 amide bonds. The number of fused-ring (bicyclic) bond motifs is 1. The Balaban J connectivity index is 1.56. The molecule has 0 bridgehead atoms. The van der Waals surface area contributed by atoms with Crippen LogP contribution >= 0.6 is 23.4 Å². The molecule has 6 nitrogen and oxygen atoms in total. The molecule has 8 heteroatoms. The van der Waals surface area contributed by atoms with Crippen molar-refractivity contribution in [3.8, 4) is 0 Å². The van der Waals surface area contributed by atoms with Crippen molar-refractivity contribution >= 4 is 35.0 Å². The molecule has 0 saturated heterocycles. The standard InChI is InChI=1S/C23H19ClN4O2S/c24-14-7-2-1-6-13(14)12-31-23-27-21-20(22(30)28-23)19(15-8-3-4-11-25-15)18-16(26-21)9-5-10-17(18)29/h1-4,6-8,11,19H,5,9-10,12H2,(H2,26,27,28,30). The van der Waals surface area contributed by atoms with Gasteiger partial charge in [0.05, 0.1) is 17.2 Å². The number of nitrogens with zero attached hydrogens (tertiary/aromatic N) is 2. The van der Waals surface area contributed by atoms with Crippen molar-refractivity contribution in [2.75, 3.05) is 5.32 Å². The van der Waals surface area contributed by atoms with Crippen LogP contribution in [0.1, 0.15) is 42.0 Å². The number of benzene rings is 1. The fourth-order valence-electron chi connectivity index (χ4n) is 4.11. The van der Waals surface area contributed by atoms with E-state index < -0.39 is 5.92 Å². The Labute approximate surface area is 188 Å². The topological polar surface area (TPSA) is 87.7 Å². The number of pyridine rings is 1. The van der Waals surface area contributed by atoms with E-state index in [0.717, 1.165) is 24.1 Å². The molecule has 31 heavy (non-hydrogen) atoms. The Morgan fingerprint density at radius 3 is 2.74 bits per heavy atom. The molecule has 1 aliphatic heterocycles. The molecule has 2 aromatic heterocycles. The zero-order chi connectivity index (χ0) is 21.4. The lowest BCUT2D eigenvalue weighted by Gasteiger charge is -2.32. The van der Waals surface area contributed by atoms with Gasteiger partial charge in [-0.1, -0.05) is 47.6 Å². The summed E-state index contributed by atoms with van der Waals surface area (Å²) in [5, 5.41) is 4.46. The van der Waals surface area contributed by atoms with Crippen molar-refractivity contribution in [2.45, 2.75) is 36.1 Å². The number of carbonyl (C=O) groups excluding carboxylic acids is 1. The second-order valence-electron chi connectivity index (χ2n) is 7.50. The zero-order valence-corrected chi connectivity index (χ0v) is 18.1. The van der Waals surface area contributed by atoms with Crippen LogP contribution in [0, 0.1) is 0 Å². The van der Waals surface area contributed by atoms with Crippen LogP contribution in [-0.4, -0.2) is 20.7 Å². The van der Waals surface area contributed by atoms with Gasteiger partial charge in [0.15, 0.2) is 10.9 Å². The van der Waals surface area contributed by atoms with Gasteiger partial charge in [-0.3, -0.25) is 14.6 Å². The van der Waals surface area contributed by atoms with Gasteiger partial charge in [-0.15, -0.1) is 0 Å². The molecule has 2 aliphatic rings. The molecule has 0 saturated carbocycles. The number of nitrogens with one attached hydrogen (secondary N) is 2. The third-order valence-corrected chi connectivity index (χ3v) is 6.83. The monoisotopic (exact) mass is 450 g/mol. The summed E-state index contributed by atoms with van der Waals surface area (Å²) in [5.74, 6) is 0.623. The number of Topliss-reactive ketones (excluding diaryl/α,β-unsaturated/α-hetero) is 1. The molecule has 1 unspecified atom stereocenters. The highest BCUT2D eigenvalue weighted by atomic mass is 35.5. The van der Waals surface area contributed by atoms with Gasteiger partial charge in [-0.05, 0) is 36.6 Å². The Bertz CT molecular complexity index is 1260. The third-order valence-electron chi connectivity index (χ3n) is 5.54. The fourth-order valence-corrected chi connectivity index (χ4v) is 5.26. The van der Waals surface area contributed by atoms with E-state index in [2.05, 4.69) is 15.3 Å². The highest BCUT2D eigenvalue weighted by Gasteiger charge is 2.38. The maximum atomic E-state index is 13.2. The first-order chi connectivity index (χ1) is 15.1. The molecule has 156 valence electrons. The van der Waals surface area contributed by atoms with Crippen LogP contribution in [0.4, 0.5) is 5.82 Å². The number of halogens is 1. The predicted molar refractivity (Wildman–Crippen MR) is 121 cm³/mol. The average molecular weight is 451 g/mol. The minimum absolute atomic E-state index is 0.0617. The van der Waals surface area contributed by atoms with E-state index in [1.165, 1.54) is 11.8 Å². The fraction of sp³-hybridized carbons (Fsp3) is 0.217. The van der Waals surface area contributed by atoms with Crippen molar-refractivity contribution in [3.63, 3.8) is 0 Å². The van der Waals surface area contributed by atoms with Crippen LogP contribution in [0.5, 0.6) is 0 Å². The van der Waals surface area contributed by atoms with E-state index in [4.69, 9.17) is 16.6 Å². The van der Waals surface area contributed by atoms with Gasteiger partial charge < -0.3 is 10.3 Å². The second kappa shape index (κ2) is 8.32. The molecule has 1 atom stereocenters. The van der Waals surface area contributed by atoms with Gasteiger partial charge in [0, 0.05) is 34.7 Å². The van der Waals surface area contributed by atoms with Gasteiger partial charge >= 0.3 is 0 Å². The Kier molecular flexibility index (Phi) is 5.38. The Hall–Kier alpha value is -2.90. The summed E-state index contributed by atoms with van der Waals surface area (Å²) in [5.41, 5.74) is 3.31. The quantitative estimate of drug-likeness (QED) is 0.443. The lowest BCUT2D eigenvalue weighted by molar-refractivity contribution is -0.116. The number of carbonyl (C=O) groups is 1. The van der Waals surface area contributed by atoms with Crippen LogP contribution in [-0.2, 0) is 10.5 Å². The van der Waals surface area contributed by atoms with Gasteiger partial charge in [0.25, 0.3) is 5.56 Å². The summed E-state index contributed by atoms with van der Waals surface area (Å²) in [6.45, 7) is 0. The highest BCUT2D eigenvalue weighted by Crippen LogP contribution is 2.42. The number of aromatic amines is 1. The van der Waals surface area contributed by atoms with Gasteiger partial charge in [0.1, 0.15) is 5.82 Å². The molecule has 2 N–H and O–H groups in total. The summed E-state index contributed by atoms with van der Waals surface area (Å²) >= 11 is 7.66. The first kappa shape index (κ1) is 20.0. The maximum absolute atomic E-state index is 13.2. The molecule has 5 rings (SSSR count). The van der Waals surface area contributed by atoms with Gasteiger partial charge in [-0.25, -0.2) is 4.98 Å². The number of thioether (sulfide) groups is 1. The van der Waals surface area contributed by atoms with E-state index in [0.29, 0.717) is 45.0 Å². The van der Waals surface area contributed by atoms with Crippen molar-refractivity contribution in [1.82, 2.24) is 15.0 Å². The molecule has 0 spiro atoms. The molecule has 0 fully saturated rings. The van der Waals surface area contributed by atoms with Crippen LogP contribution in [0.3, 0.4) is 0 Å². The molecule has 0 radical (unpaired) electrons. The maximum Gasteiger partial charge on any atom is 0.257 e. The Morgan fingerprint density at radius 2 is 1.94 bits per heavy atom. The first-order valence-corrected chi connectivity index (χ1v) is 11.4. The normalized spacial score (nSPS) is 17.7. The highest BCUT2D eigenvalue weighted by molar-refractivity contribution is 7.98. The minimum atomic E-state index is -0.515. The summed E-state index contributed by atoms with van der Waals surface area (Å²) in [6.07, 6.45) is 3.70. The van der Waals surface area contributed by atoms with E-state index in [1.807, 2.05) is 42.5 Å². The zero-order valence-electron chi connectivity index (χ0n) is 16.5. The van der Waals surface area contributed by atoms with E-state index >= 15 is 0 Å². The smallest absolute Gasteiger partial charge is 0.257 e. The number of rotatable bonds is 4. The second-order valence-corrected chi connectivity index (χ2v) is 8.87. The lowest BCUT2D eigenvalue weighted by Crippen LogP contribution is -2.33. The molecular formula is C23H19ClN4O2S. The number of allylic oxidation sites excluding steroid dienone is 2. The number of ketones is 1. The van der Waals surface area contributed by atoms with Gasteiger partial charge in [-0.2, -0.15) is 0 Å². The molecule has 3 aromatic rings. The van der Waals surface area contributed by atoms with Crippen LogP contribution in [0.2, 0.25) is 5.02 Å².